The number of fused-ring (bicyclic) bond motifs is 1. The Balaban J connectivity index is 1.73. The molecule has 2 aromatic carbocycles. The summed E-state index contributed by atoms with van der Waals surface area (Å²) in [6, 6.07) is 11.8. The highest BCUT2D eigenvalue weighted by Crippen LogP contribution is 2.33. The molecule has 0 aliphatic heterocycles. The molecule has 1 heterocycles. The standard InChI is InChI=1S/C25H29N5O4/c1-5-34-24(32)15-30(3)23(31)10-7-11-26-21-13-19-20(14-22(21)33-4)27-16-28-25(19)29-18-9-6-8-17(2)12-18/h6-10,12-14,16,26H,5,11,15H2,1-4H3,(H,27,28,29). The fraction of sp³-hybridized carbons (Fsp3) is 0.280. The summed E-state index contributed by atoms with van der Waals surface area (Å²) >= 11 is 0. The van der Waals surface area contributed by atoms with Crippen LogP contribution in [0.25, 0.3) is 10.9 Å². The topological polar surface area (TPSA) is 106 Å². The van der Waals surface area contributed by atoms with Crippen LogP contribution in [-0.4, -0.2) is 60.6 Å². The number of likely N-dealkylation sites (N-methyl/N-ethyl adjacent to an activating group) is 1. The van der Waals surface area contributed by atoms with Crippen molar-refractivity contribution in [3.63, 3.8) is 0 Å². The molecule has 2 N–H and O–H groups in total. The molecule has 0 atom stereocenters. The molecule has 0 aliphatic rings. The first kappa shape index (κ1) is 24.5. The summed E-state index contributed by atoms with van der Waals surface area (Å²) in [5, 5.41) is 7.43. The Bertz CT molecular complexity index is 1200. The van der Waals surface area contributed by atoms with E-state index in [2.05, 4.69) is 20.6 Å². The van der Waals surface area contributed by atoms with Gasteiger partial charge in [0.2, 0.25) is 5.91 Å². The van der Waals surface area contributed by atoms with Gasteiger partial charge in [0.25, 0.3) is 0 Å². The summed E-state index contributed by atoms with van der Waals surface area (Å²) in [7, 11) is 3.13. The second-order valence-electron chi connectivity index (χ2n) is 7.57. The van der Waals surface area contributed by atoms with Crippen LogP contribution < -0.4 is 15.4 Å². The van der Waals surface area contributed by atoms with Crippen LogP contribution in [0.2, 0.25) is 0 Å². The van der Waals surface area contributed by atoms with Crippen molar-refractivity contribution in [1.82, 2.24) is 14.9 Å². The maximum absolute atomic E-state index is 12.2. The zero-order valence-electron chi connectivity index (χ0n) is 19.8. The highest BCUT2D eigenvalue weighted by atomic mass is 16.5. The highest BCUT2D eigenvalue weighted by molar-refractivity contribution is 5.95. The summed E-state index contributed by atoms with van der Waals surface area (Å²) in [4.78, 5) is 33.8. The van der Waals surface area contributed by atoms with Crippen molar-refractivity contribution in [2.45, 2.75) is 13.8 Å². The molecular weight excluding hydrogens is 434 g/mol. The third kappa shape index (κ3) is 6.44. The maximum atomic E-state index is 12.2. The first-order chi connectivity index (χ1) is 16.4. The average molecular weight is 464 g/mol. The van der Waals surface area contributed by atoms with Crippen molar-refractivity contribution < 1.29 is 19.1 Å². The summed E-state index contributed by atoms with van der Waals surface area (Å²) < 4.78 is 10.4. The Morgan fingerprint density at radius 1 is 1.18 bits per heavy atom. The fourth-order valence-electron chi connectivity index (χ4n) is 3.28. The molecule has 0 radical (unpaired) electrons. The lowest BCUT2D eigenvalue weighted by molar-refractivity contribution is -0.147. The van der Waals surface area contributed by atoms with E-state index >= 15 is 0 Å². The number of hydrogen-bond donors (Lipinski definition) is 2. The highest BCUT2D eigenvalue weighted by Gasteiger charge is 2.12. The number of esters is 1. The van der Waals surface area contributed by atoms with E-state index in [1.807, 2.05) is 43.3 Å². The van der Waals surface area contributed by atoms with Crippen LogP contribution in [0.3, 0.4) is 0 Å². The number of aromatic nitrogens is 2. The molecule has 0 bridgehead atoms. The number of benzene rings is 2. The number of ether oxygens (including phenoxy) is 2. The van der Waals surface area contributed by atoms with Crippen LogP contribution in [0.4, 0.5) is 17.2 Å². The average Bonchev–Trinajstić information content (AvgIpc) is 2.81. The van der Waals surface area contributed by atoms with Gasteiger partial charge in [-0.2, -0.15) is 0 Å². The summed E-state index contributed by atoms with van der Waals surface area (Å²) in [6.07, 6.45) is 4.60. The van der Waals surface area contributed by atoms with E-state index in [0.29, 0.717) is 18.1 Å². The van der Waals surface area contributed by atoms with Crippen LogP contribution in [0, 0.1) is 6.92 Å². The molecule has 34 heavy (non-hydrogen) atoms. The minimum Gasteiger partial charge on any atom is -0.495 e. The predicted octanol–water partition coefficient (Wildman–Crippen LogP) is 3.68. The van der Waals surface area contributed by atoms with E-state index in [-0.39, 0.29) is 19.1 Å². The quantitative estimate of drug-likeness (QED) is 0.347. The molecule has 0 saturated carbocycles. The smallest absolute Gasteiger partial charge is 0.325 e. The molecule has 0 fully saturated rings. The molecule has 3 aromatic rings. The largest absolute Gasteiger partial charge is 0.495 e. The molecule has 1 aromatic heterocycles. The maximum Gasteiger partial charge on any atom is 0.325 e. The van der Waals surface area contributed by atoms with Crippen LogP contribution in [0.15, 0.2) is 54.9 Å². The van der Waals surface area contributed by atoms with E-state index in [1.165, 1.54) is 17.3 Å². The van der Waals surface area contributed by atoms with E-state index < -0.39 is 5.97 Å². The number of amides is 1. The Hall–Kier alpha value is -4.14. The summed E-state index contributed by atoms with van der Waals surface area (Å²) in [6.45, 7) is 4.30. The molecule has 0 saturated heterocycles. The number of rotatable bonds is 10. The van der Waals surface area contributed by atoms with Crippen LogP contribution in [0.1, 0.15) is 12.5 Å². The molecule has 0 spiro atoms. The van der Waals surface area contributed by atoms with E-state index in [4.69, 9.17) is 9.47 Å². The Kier molecular flexibility index (Phi) is 8.39. The number of nitrogens with zero attached hydrogens (tertiary/aromatic N) is 3. The first-order valence-electron chi connectivity index (χ1n) is 10.9. The Morgan fingerprint density at radius 3 is 2.74 bits per heavy atom. The minimum atomic E-state index is -0.442. The van der Waals surface area contributed by atoms with E-state index in [9.17, 15) is 9.59 Å². The Labute approximate surface area is 198 Å². The molecule has 3 rings (SSSR count). The minimum absolute atomic E-state index is 0.0976. The third-order valence-corrected chi connectivity index (χ3v) is 4.96. The lowest BCUT2D eigenvalue weighted by atomic mass is 10.1. The Morgan fingerprint density at radius 2 is 2.00 bits per heavy atom. The van der Waals surface area contributed by atoms with Crippen molar-refractivity contribution in [3.05, 3.63) is 60.4 Å². The van der Waals surface area contributed by atoms with Crippen LogP contribution in [0.5, 0.6) is 5.75 Å². The molecule has 9 heteroatoms. The number of hydrogen-bond acceptors (Lipinski definition) is 8. The van der Waals surface area contributed by atoms with Gasteiger partial charge in [-0.05, 0) is 37.6 Å². The van der Waals surface area contributed by atoms with Gasteiger partial charge < -0.3 is 25.0 Å². The van der Waals surface area contributed by atoms with Crippen molar-refractivity contribution in [1.29, 1.82) is 0 Å². The lowest BCUT2D eigenvalue weighted by Gasteiger charge is -2.14. The van der Waals surface area contributed by atoms with Gasteiger partial charge in [-0.25, -0.2) is 9.97 Å². The third-order valence-electron chi connectivity index (χ3n) is 4.96. The number of methoxy groups -OCH3 is 1. The molecule has 0 unspecified atom stereocenters. The molecule has 178 valence electrons. The van der Waals surface area contributed by atoms with Gasteiger partial charge in [0.1, 0.15) is 24.4 Å². The van der Waals surface area contributed by atoms with Crippen molar-refractivity contribution in [2.75, 3.05) is 44.5 Å². The summed E-state index contributed by atoms with van der Waals surface area (Å²) in [5.74, 6) is 0.556. The van der Waals surface area contributed by atoms with Gasteiger partial charge in [0.15, 0.2) is 0 Å². The number of nitrogens with one attached hydrogen (secondary N) is 2. The molecule has 1 amide bonds. The monoisotopic (exact) mass is 463 g/mol. The zero-order chi connectivity index (χ0) is 24.5. The normalized spacial score (nSPS) is 10.8. The molecule has 9 nitrogen and oxygen atoms in total. The SMILES string of the molecule is CCOC(=O)CN(C)C(=O)C=CCNc1cc2c(Nc3cccc(C)c3)ncnc2cc1OC. The number of carbonyl (C=O) groups is 2. The van der Waals surface area contributed by atoms with Gasteiger partial charge in [-0.3, -0.25) is 9.59 Å². The van der Waals surface area contributed by atoms with E-state index in [0.717, 1.165) is 27.8 Å². The zero-order valence-corrected chi connectivity index (χ0v) is 19.8. The fourth-order valence-corrected chi connectivity index (χ4v) is 3.28. The molecular formula is C25H29N5O4. The summed E-state index contributed by atoms with van der Waals surface area (Å²) in [5.41, 5.74) is 3.54. The van der Waals surface area contributed by atoms with E-state index in [1.54, 1.807) is 27.2 Å². The second-order valence-corrected chi connectivity index (χ2v) is 7.57. The number of carbonyl (C=O) groups excluding carboxylic acids is 2. The number of anilines is 3. The van der Waals surface area contributed by atoms with Crippen molar-refractivity contribution in [2.24, 2.45) is 0 Å². The van der Waals surface area contributed by atoms with Gasteiger partial charge in [0.05, 0.1) is 24.9 Å². The van der Waals surface area contributed by atoms with Gasteiger partial charge in [-0.1, -0.05) is 18.2 Å². The second kappa shape index (κ2) is 11.6. The van der Waals surface area contributed by atoms with Crippen molar-refractivity contribution in [3.8, 4) is 5.75 Å². The van der Waals surface area contributed by atoms with Gasteiger partial charge in [0, 0.05) is 36.8 Å². The molecule has 0 aliphatic carbocycles. The predicted molar refractivity (Wildman–Crippen MR) is 132 cm³/mol. The first-order valence-corrected chi connectivity index (χ1v) is 10.9. The lowest BCUT2D eigenvalue weighted by Crippen LogP contribution is -2.31. The number of aryl methyl sites for hydroxylation is 1. The van der Waals surface area contributed by atoms with Gasteiger partial charge >= 0.3 is 5.97 Å². The van der Waals surface area contributed by atoms with Crippen LogP contribution >= 0.6 is 0 Å². The van der Waals surface area contributed by atoms with Crippen LogP contribution in [-0.2, 0) is 14.3 Å². The van der Waals surface area contributed by atoms with Crippen molar-refractivity contribution >= 4 is 40.0 Å². The van der Waals surface area contributed by atoms with Gasteiger partial charge in [-0.15, -0.1) is 0 Å².